The molecule has 1 aliphatic rings. The summed E-state index contributed by atoms with van der Waals surface area (Å²) in [5.41, 5.74) is 3.02. The maximum absolute atomic E-state index is 12.7. The van der Waals surface area contributed by atoms with E-state index in [0.717, 1.165) is 11.4 Å². The Hall–Kier alpha value is -3.14. The zero-order valence-electron chi connectivity index (χ0n) is 13.7. The minimum absolute atomic E-state index is 0.00373. The average molecular weight is 330 g/mol. The first-order valence-corrected chi connectivity index (χ1v) is 8.39. The second-order valence-corrected chi connectivity index (χ2v) is 6.19. The van der Waals surface area contributed by atoms with Crippen molar-refractivity contribution in [1.82, 2.24) is 4.57 Å². The lowest BCUT2D eigenvalue weighted by molar-refractivity contribution is -0.117. The lowest BCUT2D eigenvalue weighted by atomic mass is 10.0. The molecular formula is C21H18N2O2. The Morgan fingerprint density at radius 3 is 2.28 bits per heavy atom. The molecule has 1 unspecified atom stereocenters. The predicted molar refractivity (Wildman–Crippen MR) is 96.7 cm³/mol. The maximum atomic E-state index is 12.7. The summed E-state index contributed by atoms with van der Waals surface area (Å²) < 4.78 is 1.98. The molecule has 1 atom stereocenters. The quantitative estimate of drug-likeness (QED) is 0.739. The molecule has 0 aliphatic carbocycles. The van der Waals surface area contributed by atoms with Crippen LogP contribution in [0, 0.1) is 0 Å². The van der Waals surface area contributed by atoms with Gasteiger partial charge in [0.2, 0.25) is 11.7 Å². The number of ketones is 1. The van der Waals surface area contributed by atoms with Gasteiger partial charge in [-0.25, -0.2) is 0 Å². The number of aromatic nitrogens is 1. The maximum Gasteiger partial charge on any atom is 0.233 e. The first-order valence-electron chi connectivity index (χ1n) is 8.39. The standard InChI is InChI=1S/C21H18N2O2/c24-20(15-7-3-1-4-8-15)19-12-11-18-17(13-14-23(18)19)21(25)22-16-9-5-2-6-10-16/h1-12,17H,13-14H2,(H,22,25). The second-order valence-electron chi connectivity index (χ2n) is 6.19. The van der Waals surface area contributed by atoms with E-state index in [1.807, 2.05) is 77.4 Å². The van der Waals surface area contributed by atoms with Crippen LogP contribution in [0.5, 0.6) is 0 Å². The molecule has 1 N–H and O–H groups in total. The molecular weight excluding hydrogens is 312 g/mol. The summed E-state index contributed by atoms with van der Waals surface area (Å²) in [6.45, 7) is 0.684. The normalized spacial score (nSPS) is 15.6. The number of amides is 1. The van der Waals surface area contributed by atoms with Gasteiger partial charge in [0, 0.05) is 23.5 Å². The summed E-state index contributed by atoms with van der Waals surface area (Å²) in [5, 5.41) is 2.96. The van der Waals surface area contributed by atoms with Crippen molar-refractivity contribution < 1.29 is 9.59 Å². The van der Waals surface area contributed by atoms with Gasteiger partial charge in [0.05, 0.1) is 11.6 Å². The van der Waals surface area contributed by atoms with Crippen molar-refractivity contribution in [3.05, 3.63) is 89.7 Å². The fraction of sp³-hybridized carbons (Fsp3) is 0.143. The molecule has 0 bridgehead atoms. The van der Waals surface area contributed by atoms with Crippen LogP contribution >= 0.6 is 0 Å². The first kappa shape index (κ1) is 15.4. The molecule has 25 heavy (non-hydrogen) atoms. The van der Waals surface area contributed by atoms with Gasteiger partial charge in [0.15, 0.2) is 0 Å². The Bertz CT molecular complexity index is 914. The van der Waals surface area contributed by atoms with Crippen LogP contribution < -0.4 is 5.32 Å². The van der Waals surface area contributed by atoms with Crippen LogP contribution in [0.15, 0.2) is 72.8 Å². The van der Waals surface area contributed by atoms with E-state index in [1.165, 1.54) is 0 Å². The third kappa shape index (κ3) is 2.87. The number of nitrogens with zero attached hydrogens (tertiary/aromatic N) is 1. The fourth-order valence-corrected chi connectivity index (χ4v) is 3.40. The van der Waals surface area contributed by atoms with Crippen molar-refractivity contribution in [3.8, 4) is 0 Å². The van der Waals surface area contributed by atoms with Gasteiger partial charge in [-0.1, -0.05) is 48.5 Å². The summed E-state index contributed by atoms with van der Waals surface area (Å²) in [7, 11) is 0. The largest absolute Gasteiger partial charge is 0.341 e. The number of benzene rings is 2. The second kappa shape index (κ2) is 6.40. The van der Waals surface area contributed by atoms with E-state index < -0.39 is 0 Å². The number of rotatable bonds is 4. The number of carbonyl (C=O) groups is 2. The van der Waals surface area contributed by atoms with Gasteiger partial charge in [-0.3, -0.25) is 9.59 Å². The molecule has 0 fully saturated rings. The lowest BCUT2D eigenvalue weighted by Gasteiger charge is -2.10. The molecule has 4 heteroatoms. The van der Waals surface area contributed by atoms with E-state index >= 15 is 0 Å². The number of hydrogen-bond donors (Lipinski definition) is 1. The third-order valence-corrected chi connectivity index (χ3v) is 4.64. The summed E-state index contributed by atoms with van der Waals surface area (Å²) in [6, 6.07) is 22.4. The van der Waals surface area contributed by atoms with Crippen LogP contribution in [0.4, 0.5) is 5.69 Å². The van der Waals surface area contributed by atoms with Crippen molar-refractivity contribution in [3.63, 3.8) is 0 Å². The van der Waals surface area contributed by atoms with Crippen LogP contribution in [-0.4, -0.2) is 16.3 Å². The molecule has 4 rings (SSSR count). The van der Waals surface area contributed by atoms with Gasteiger partial charge in [-0.2, -0.15) is 0 Å². The van der Waals surface area contributed by atoms with Gasteiger partial charge < -0.3 is 9.88 Å². The van der Waals surface area contributed by atoms with Crippen molar-refractivity contribution in [2.24, 2.45) is 0 Å². The summed E-state index contributed by atoms with van der Waals surface area (Å²) >= 11 is 0. The highest BCUT2D eigenvalue weighted by atomic mass is 16.2. The van der Waals surface area contributed by atoms with Crippen molar-refractivity contribution in [1.29, 1.82) is 0 Å². The zero-order chi connectivity index (χ0) is 17.2. The Balaban J connectivity index is 1.57. The molecule has 1 amide bonds. The Morgan fingerprint density at radius 2 is 1.56 bits per heavy atom. The Kier molecular flexibility index (Phi) is 3.94. The van der Waals surface area contributed by atoms with Crippen molar-refractivity contribution in [2.45, 2.75) is 18.9 Å². The van der Waals surface area contributed by atoms with Gasteiger partial charge >= 0.3 is 0 Å². The van der Waals surface area contributed by atoms with Crippen LogP contribution in [0.25, 0.3) is 0 Å². The highest BCUT2D eigenvalue weighted by Crippen LogP contribution is 2.32. The summed E-state index contributed by atoms with van der Waals surface area (Å²) in [6.07, 6.45) is 0.712. The highest BCUT2D eigenvalue weighted by Gasteiger charge is 2.31. The van der Waals surface area contributed by atoms with E-state index in [2.05, 4.69) is 5.32 Å². The molecule has 3 aromatic rings. The van der Waals surface area contributed by atoms with Gasteiger partial charge in [-0.15, -0.1) is 0 Å². The Labute approximate surface area is 146 Å². The monoisotopic (exact) mass is 330 g/mol. The van der Waals surface area contributed by atoms with Gasteiger partial charge in [0.1, 0.15) is 0 Å². The van der Waals surface area contributed by atoms with Crippen molar-refractivity contribution in [2.75, 3.05) is 5.32 Å². The third-order valence-electron chi connectivity index (χ3n) is 4.64. The van der Waals surface area contributed by atoms with Crippen LogP contribution in [0.3, 0.4) is 0 Å². The molecule has 0 radical (unpaired) electrons. The zero-order valence-corrected chi connectivity index (χ0v) is 13.7. The SMILES string of the molecule is O=C(c1ccccc1)c1ccc2n1CCC2C(=O)Nc1ccccc1. The number of anilines is 1. The number of fused-ring (bicyclic) bond motifs is 1. The summed E-state index contributed by atoms with van der Waals surface area (Å²) in [5.74, 6) is -0.254. The summed E-state index contributed by atoms with van der Waals surface area (Å²) in [4.78, 5) is 25.3. The smallest absolute Gasteiger partial charge is 0.233 e. The predicted octanol–water partition coefficient (Wildman–Crippen LogP) is 3.85. The van der Waals surface area contributed by atoms with Gasteiger partial charge in [0.25, 0.3) is 0 Å². The molecule has 2 aromatic carbocycles. The van der Waals surface area contributed by atoms with E-state index in [-0.39, 0.29) is 17.6 Å². The number of para-hydroxylation sites is 1. The molecule has 0 saturated carbocycles. The minimum atomic E-state index is -0.225. The Morgan fingerprint density at radius 1 is 0.880 bits per heavy atom. The molecule has 1 aliphatic heterocycles. The van der Waals surface area contributed by atoms with Gasteiger partial charge in [-0.05, 0) is 30.7 Å². The minimum Gasteiger partial charge on any atom is -0.341 e. The number of nitrogens with one attached hydrogen (secondary N) is 1. The number of hydrogen-bond acceptors (Lipinski definition) is 2. The lowest BCUT2D eigenvalue weighted by Crippen LogP contribution is -2.19. The number of carbonyl (C=O) groups excluding carboxylic acids is 2. The fourth-order valence-electron chi connectivity index (χ4n) is 3.40. The highest BCUT2D eigenvalue weighted by molar-refractivity contribution is 6.08. The van der Waals surface area contributed by atoms with E-state index in [9.17, 15) is 9.59 Å². The van der Waals surface area contributed by atoms with Crippen LogP contribution in [-0.2, 0) is 11.3 Å². The van der Waals surface area contributed by atoms with E-state index in [1.54, 1.807) is 0 Å². The van der Waals surface area contributed by atoms with E-state index in [0.29, 0.717) is 24.2 Å². The average Bonchev–Trinajstić information content (AvgIpc) is 3.24. The van der Waals surface area contributed by atoms with E-state index in [4.69, 9.17) is 0 Å². The molecule has 0 saturated heterocycles. The molecule has 1 aromatic heterocycles. The molecule has 2 heterocycles. The molecule has 124 valence electrons. The topological polar surface area (TPSA) is 51.1 Å². The van der Waals surface area contributed by atoms with Crippen LogP contribution in [0.1, 0.15) is 34.1 Å². The first-order chi connectivity index (χ1) is 12.2. The molecule has 0 spiro atoms. The van der Waals surface area contributed by atoms with Crippen LogP contribution in [0.2, 0.25) is 0 Å². The van der Waals surface area contributed by atoms with Crippen molar-refractivity contribution >= 4 is 17.4 Å². The molecule has 4 nitrogen and oxygen atoms in total.